The lowest BCUT2D eigenvalue weighted by atomic mass is 10.1. The molecule has 0 unspecified atom stereocenters. The number of hydrogen-bond acceptors (Lipinski definition) is 4. The van der Waals surface area contributed by atoms with E-state index in [1.807, 2.05) is 11.6 Å². The maximum atomic E-state index is 12.1. The van der Waals surface area contributed by atoms with Gasteiger partial charge in [-0.15, -0.1) is 0 Å². The van der Waals surface area contributed by atoms with Crippen LogP contribution < -0.4 is 4.72 Å². The van der Waals surface area contributed by atoms with Gasteiger partial charge in [0.1, 0.15) is 0 Å². The van der Waals surface area contributed by atoms with Crippen LogP contribution in [-0.4, -0.2) is 25.4 Å². The number of sulfonamides is 1. The molecule has 0 heterocycles. The van der Waals surface area contributed by atoms with Gasteiger partial charge in [0.05, 0.1) is 10.5 Å². The van der Waals surface area contributed by atoms with E-state index in [0.29, 0.717) is 0 Å². The second kappa shape index (κ2) is 5.98. The van der Waals surface area contributed by atoms with Crippen molar-refractivity contribution in [3.8, 4) is 0 Å². The molecule has 2 rings (SSSR count). The number of carbonyl (C=O) groups excluding carboxylic acids is 1. The highest BCUT2D eigenvalue weighted by Crippen LogP contribution is 2.11. The Hall–Kier alpha value is -2.67. The number of benzene rings is 2. The summed E-state index contributed by atoms with van der Waals surface area (Å²) in [6.45, 7) is 1.81. The molecule has 0 spiro atoms. The summed E-state index contributed by atoms with van der Waals surface area (Å²) in [4.78, 5) is 22.8. The van der Waals surface area contributed by atoms with Crippen molar-refractivity contribution in [2.45, 2.75) is 11.8 Å². The minimum Gasteiger partial charge on any atom is -0.478 e. The maximum Gasteiger partial charge on any atom is 0.335 e. The summed E-state index contributed by atoms with van der Waals surface area (Å²) in [6, 6.07) is 11.1. The highest BCUT2D eigenvalue weighted by Gasteiger charge is 2.19. The smallest absolute Gasteiger partial charge is 0.335 e. The highest BCUT2D eigenvalue weighted by atomic mass is 32.2. The molecule has 0 radical (unpaired) electrons. The highest BCUT2D eigenvalue weighted by molar-refractivity contribution is 7.90. The average molecular weight is 319 g/mol. The molecule has 0 saturated heterocycles. The standard InChI is InChI=1S/C15H13NO5S/c1-10-5-7-13(8-6-10)22(20,21)16-14(17)11-3-2-4-12(9-11)15(18)19/h2-9H,1H3,(H,16,17)(H,18,19). The van der Waals surface area contributed by atoms with Crippen LogP contribution in [0.1, 0.15) is 26.3 Å². The Morgan fingerprint density at radius 3 is 2.18 bits per heavy atom. The van der Waals surface area contributed by atoms with Crippen LogP contribution in [0.25, 0.3) is 0 Å². The van der Waals surface area contributed by atoms with E-state index in [0.717, 1.165) is 11.6 Å². The number of carbonyl (C=O) groups is 2. The van der Waals surface area contributed by atoms with E-state index in [2.05, 4.69) is 0 Å². The van der Waals surface area contributed by atoms with E-state index < -0.39 is 21.9 Å². The van der Waals surface area contributed by atoms with Crippen molar-refractivity contribution in [3.63, 3.8) is 0 Å². The summed E-state index contributed by atoms with van der Waals surface area (Å²) < 4.78 is 26.1. The zero-order chi connectivity index (χ0) is 16.3. The van der Waals surface area contributed by atoms with Gasteiger partial charge in [0.2, 0.25) is 0 Å². The third kappa shape index (κ3) is 3.50. The van der Waals surface area contributed by atoms with Gasteiger partial charge in [0.15, 0.2) is 0 Å². The Labute approximate surface area is 127 Å². The molecular weight excluding hydrogens is 306 g/mol. The van der Waals surface area contributed by atoms with Crippen LogP contribution in [0.5, 0.6) is 0 Å². The quantitative estimate of drug-likeness (QED) is 0.895. The van der Waals surface area contributed by atoms with E-state index in [-0.39, 0.29) is 16.0 Å². The third-order valence-corrected chi connectivity index (χ3v) is 4.28. The first-order valence-corrected chi connectivity index (χ1v) is 7.75. The van der Waals surface area contributed by atoms with Gasteiger partial charge in [-0.1, -0.05) is 23.8 Å². The lowest BCUT2D eigenvalue weighted by Gasteiger charge is -2.07. The largest absolute Gasteiger partial charge is 0.478 e. The fourth-order valence-electron chi connectivity index (χ4n) is 1.75. The number of nitrogens with one attached hydrogen (secondary N) is 1. The van der Waals surface area contributed by atoms with E-state index in [9.17, 15) is 18.0 Å². The molecule has 0 aliphatic rings. The van der Waals surface area contributed by atoms with Crippen molar-refractivity contribution < 1.29 is 23.1 Å². The summed E-state index contributed by atoms with van der Waals surface area (Å²) in [7, 11) is -4.00. The van der Waals surface area contributed by atoms with Crippen LogP contribution in [0, 0.1) is 6.92 Å². The minimum absolute atomic E-state index is 0.0409. The monoisotopic (exact) mass is 319 g/mol. The Morgan fingerprint density at radius 1 is 1.00 bits per heavy atom. The predicted molar refractivity (Wildman–Crippen MR) is 79.2 cm³/mol. The lowest BCUT2D eigenvalue weighted by Crippen LogP contribution is -2.30. The van der Waals surface area contributed by atoms with E-state index in [4.69, 9.17) is 5.11 Å². The topological polar surface area (TPSA) is 101 Å². The van der Waals surface area contributed by atoms with E-state index in [1.165, 1.54) is 30.3 Å². The first kappa shape index (κ1) is 15.7. The Kier molecular flexibility index (Phi) is 4.27. The molecule has 0 atom stereocenters. The van der Waals surface area contributed by atoms with Crippen LogP contribution in [0.3, 0.4) is 0 Å². The molecule has 22 heavy (non-hydrogen) atoms. The van der Waals surface area contributed by atoms with Gasteiger partial charge in [0.25, 0.3) is 15.9 Å². The zero-order valence-electron chi connectivity index (χ0n) is 11.6. The maximum absolute atomic E-state index is 12.1. The number of carboxylic acid groups (broad SMARTS) is 1. The fourth-order valence-corrected chi connectivity index (χ4v) is 2.72. The average Bonchev–Trinajstić information content (AvgIpc) is 2.47. The summed E-state index contributed by atoms with van der Waals surface area (Å²) in [6.07, 6.45) is 0. The predicted octanol–water partition coefficient (Wildman–Crippen LogP) is 1.81. The molecule has 114 valence electrons. The summed E-state index contributed by atoms with van der Waals surface area (Å²) in [5.74, 6) is -2.08. The normalized spacial score (nSPS) is 11.0. The summed E-state index contributed by atoms with van der Waals surface area (Å²) in [5.41, 5.74) is 0.746. The molecule has 1 amide bonds. The van der Waals surface area contributed by atoms with Gasteiger partial charge in [-0.2, -0.15) is 0 Å². The summed E-state index contributed by atoms with van der Waals surface area (Å²) in [5, 5.41) is 8.88. The number of aromatic carboxylic acids is 1. The lowest BCUT2D eigenvalue weighted by molar-refractivity contribution is 0.0697. The van der Waals surface area contributed by atoms with E-state index in [1.54, 1.807) is 12.1 Å². The first-order valence-electron chi connectivity index (χ1n) is 6.27. The van der Waals surface area contributed by atoms with Crippen LogP contribution in [0.4, 0.5) is 0 Å². The molecule has 0 saturated carbocycles. The SMILES string of the molecule is Cc1ccc(S(=O)(=O)NC(=O)c2cccc(C(=O)O)c2)cc1. The van der Waals surface area contributed by atoms with Crippen molar-refractivity contribution in [1.29, 1.82) is 0 Å². The first-order chi connectivity index (χ1) is 10.3. The Balaban J connectivity index is 2.26. The zero-order valence-corrected chi connectivity index (χ0v) is 12.4. The molecule has 7 heteroatoms. The summed E-state index contributed by atoms with van der Waals surface area (Å²) >= 11 is 0. The minimum atomic E-state index is -4.00. The molecule has 6 nitrogen and oxygen atoms in total. The molecule has 0 aliphatic carbocycles. The molecule has 0 aromatic heterocycles. The van der Waals surface area contributed by atoms with Gasteiger partial charge in [-0.25, -0.2) is 17.9 Å². The number of amides is 1. The second-order valence-electron chi connectivity index (χ2n) is 4.63. The Morgan fingerprint density at radius 2 is 1.59 bits per heavy atom. The van der Waals surface area contributed by atoms with Gasteiger partial charge in [-0.05, 0) is 37.3 Å². The molecule has 2 N–H and O–H groups in total. The molecule has 2 aromatic carbocycles. The van der Waals surface area contributed by atoms with Gasteiger partial charge < -0.3 is 5.11 Å². The van der Waals surface area contributed by atoms with Gasteiger partial charge in [0, 0.05) is 5.56 Å². The van der Waals surface area contributed by atoms with Gasteiger partial charge in [-0.3, -0.25) is 4.79 Å². The van der Waals surface area contributed by atoms with Crippen molar-refractivity contribution in [3.05, 3.63) is 65.2 Å². The Bertz CT molecular complexity index is 825. The van der Waals surface area contributed by atoms with Crippen molar-refractivity contribution in [1.82, 2.24) is 4.72 Å². The third-order valence-electron chi connectivity index (χ3n) is 2.93. The van der Waals surface area contributed by atoms with Gasteiger partial charge >= 0.3 is 5.97 Å². The fraction of sp³-hybridized carbons (Fsp3) is 0.0667. The number of rotatable bonds is 4. The number of carboxylic acids is 1. The van der Waals surface area contributed by atoms with Crippen molar-refractivity contribution in [2.24, 2.45) is 0 Å². The van der Waals surface area contributed by atoms with Crippen LogP contribution in [-0.2, 0) is 10.0 Å². The molecule has 0 aliphatic heterocycles. The number of hydrogen-bond donors (Lipinski definition) is 2. The molecule has 0 fully saturated rings. The van der Waals surface area contributed by atoms with Crippen LogP contribution >= 0.6 is 0 Å². The number of aryl methyl sites for hydroxylation is 1. The second-order valence-corrected chi connectivity index (χ2v) is 6.32. The van der Waals surface area contributed by atoms with E-state index >= 15 is 0 Å². The molecule has 0 bridgehead atoms. The molecular formula is C15H13NO5S. The van der Waals surface area contributed by atoms with Crippen LogP contribution in [0.15, 0.2) is 53.4 Å². The van der Waals surface area contributed by atoms with Crippen LogP contribution in [0.2, 0.25) is 0 Å². The van der Waals surface area contributed by atoms with Crippen molar-refractivity contribution in [2.75, 3.05) is 0 Å². The van der Waals surface area contributed by atoms with Crippen molar-refractivity contribution >= 4 is 21.9 Å². The molecule has 2 aromatic rings.